The second kappa shape index (κ2) is 6.57. The molecule has 0 saturated carbocycles. The molecule has 1 amide bonds. The van der Waals surface area contributed by atoms with Gasteiger partial charge in [0, 0.05) is 5.54 Å². The zero-order valence-corrected chi connectivity index (χ0v) is 12.7. The van der Waals surface area contributed by atoms with E-state index in [0.717, 1.165) is 0 Å². The Labute approximate surface area is 123 Å². The Kier molecular flexibility index (Phi) is 5.62. The van der Waals surface area contributed by atoms with Crippen LogP contribution in [-0.2, 0) is 4.79 Å². The molecule has 1 aromatic rings. The Hall–Kier alpha value is -0.810. The van der Waals surface area contributed by atoms with Gasteiger partial charge in [-0.1, -0.05) is 29.3 Å². The Balaban J connectivity index is 2.68. The van der Waals surface area contributed by atoms with Crippen LogP contribution in [0.15, 0.2) is 18.2 Å². The van der Waals surface area contributed by atoms with Gasteiger partial charge >= 0.3 is 0 Å². The van der Waals surface area contributed by atoms with Crippen molar-refractivity contribution in [3.63, 3.8) is 0 Å². The van der Waals surface area contributed by atoms with Gasteiger partial charge in [0.15, 0.2) is 0 Å². The van der Waals surface area contributed by atoms with Crippen LogP contribution >= 0.6 is 23.2 Å². The van der Waals surface area contributed by atoms with Gasteiger partial charge in [-0.25, -0.2) is 0 Å². The molecular formula is C13H18Cl2N2O2. The lowest BCUT2D eigenvalue weighted by Crippen LogP contribution is -2.47. The highest BCUT2D eigenvalue weighted by atomic mass is 35.5. The van der Waals surface area contributed by atoms with Gasteiger partial charge in [0.1, 0.15) is 0 Å². The van der Waals surface area contributed by atoms with Gasteiger partial charge in [-0.05, 0) is 33.0 Å². The van der Waals surface area contributed by atoms with Gasteiger partial charge in [0.05, 0.1) is 28.9 Å². The van der Waals surface area contributed by atoms with E-state index in [2.05, 4.69) is 5.32 Å². The van der Waals surface area contributed by atoms with Crippen LogP contribution in [0.5, 0.6) is 0 Å². The van der Waals surface area contributed by atoms with Crippen molar-refractivity contribution in [3.05, 3.63) is 28.2 Å². The van der Waals surface area contributed by atoms with Crippen molar-refractivity contribution in [1.82, 2.24) is 4.90 Å². The number of halogens is 2. The second-order valence-electron chi connectivity index (χ2n) is 4.98. The summed E-state index contributed by atoms with van der Waals surface area (Å²) in [6.07, 6.45) is 0. The summed E-state index contributed by atoms with van der Waals surface area (Å²) >= 11 is 11.9. The van der Waals surface area contributed by atoms with Gasteiger partial charge in [-0.3, -0.25) is 9.69 Å². The average Bonchev–Trinajstić information content (AvgIpc) is 2.34. The zero-order valence-electron chi connectivity index (χ0n) is 11.2. The first-order valence-corrected chi connectivity index (χ1v) is 6.59. The number of carbonyl (C=O) groups excluding carboxylic acids is 1. The maximum atomic E-state index is 11.9. The molecule has 0 bridgehead atoms. The molecule has 0 radical (unpaired) electrons. The summed E-state index contributed by atoms with van der Waals surface area (Å²) in [7, 11) is 1.77. The smallest absolute Gasteiger partial charge is 0.238 e. The van der Waals surface area contributed by atoms with E-state index in [4.69, 9.17) is 23.2 Å². The lowest BCUT2D eigenvalue weighted by atomic mass is 10.1. The van der Waals surface area contributed by atoms with E-state index in [1.165, 1.54) is 0 Å². The summed E-state index contributed by atoms with van der Waals surface area (Å²) in [6.45, 7) is 3.82. The van der Waals surface area contributed by atoms with Crippen molar-refractivity contribution < 1.29 is 9.90 Å². The molecule has 1 rings (SSSR count). The number of amides is 1. The molecule has 2 N–H and O–H groups in total. The fraction of sp³-hybridized carbons (Fsp3) is 0.462. The van der Waals surface area contributed by atoms with Crippen LogP contribution in [-0.4, -0.2) is 41.7 Å². The number of likely N-dealkylation sites (N-methyl/N-ethyl adjacent to an activating group) is 1. The van der Waals surface area contributed by atoms with E-state index >= 15 is 0 Å². The number of aliphatic hydroxyl groups is 1. The predicted octanol–water partition coefficient (Wildman–Crippen LogP) is 2.63. The second-order valence-corrected chi connectivity index (χ2v) is 5.76. The number of nitrogens with zero attached hydrogens (tertiary/aromatic N) is 1. The Morgan fingerprint density at radius 2 is 2.05 bits per heavy atom. The van der Waals surface area contributed by atoms with Crippen molar-refractivity contribution in [3.8, 4) is 0 Å². The Morgan fingerprint density at radius 1 is 1.42 bits per heavy atom. The van der Waals surface area contributed by atoms with Crippen molar-refractivity contribution in [2.75, 3.05) is 25.5 Å². The van der Waals surface area contributed by atoms with Crippen molar-refractivity contribution in [1.29, 1.82) is 0 Å². The summed E-state index contributed by atoms with van der Waals surface area (Å²) in [6, 6.07) is 5.05. The van der Waals surface area contributed by atoms with Crippen molar-refractivity contribution in [2.45, 2.75) is 19.4 Å². The first-order valence-electron chi connectivity index (χ1n) is 5.84. The van der Waals surface area contributed by atoms with E-state index in [1.807, 2.05) is 13.8 Å². The van der Waals surface area contributed by atoms with E-state index in [0.29, 0.717) is 15.7 Å². The third-order valence-corrected chi connectivity index (χ3v) is 3.85. The zero-order chi connectivity index (χ0) is 14.6. The number of aliphatic hydroxyl groups excluding tert-OH is 1. The van der Waals surface area contributed by atoms with Gasteiger partial charge in [-0.2, -0.15) is 0 Å². The third kappa shape index (κ3) is 4.35. The maximum absolute atomic E-state index is 11.9. The molecule has 0 aromatic heterocycles. The molecule has 0 spiro atoms. The molecule has 1 aromatic carbocycles. The lowest BCUT2D eigenvalue weighted by molar-refractivity contribution is -0.118. The fourth-order valence-electron chi connectivity index (χ4n) is 1.34. The Morgan fingerprint density at radius 3 is 2.63 bits per heavy atom. The lowest BCUT2D eigenvalue weighted by Gasteiger charge is -2.33. The number of hydrogen-bond acceptors (Lipinski definition) is 3. The standard InChI is InChI=1S/C13H18Cl2N2O2/c1-13(2,8-18)17(3)7-11(19)16-10-6-4-5-9(14)12(10)15/h4-6,18H,7-8H2,1-3H3,(H,16,19). The van der Waals surface area contributed by atoms with Crippen LogP contribution in [0.2, 0.25) is 10.0 Å². The predicted molar refractivity (Wildman–Crippen MR) is 78.9 cm³/mol. The summed E-state index contributed by atoms with van der Waals surface area (Å²) in [5, 5.41) is 12.6. The summed E-state index contributed by atoms with van der Waals surface area (Å²) in [5.41, 5.74) is 0.0181. The van der Waals surface area contributed by atoms with E-state index in [1.54, 1.807) is 30.1 Å². The first kappa shape index (κ1) is 16.2. The van der Waals surface area contributed by atoms with Crippen molar-refractivity contribution in [2.24, 2.45) is 0 Å². The molecule has 0 aliphatic carbocycles. The third-order valence-electron chi connectivity index (χ3n) is 3.03. The summed E-state index contributed by atoms with van der Waals surface area (Å²) in [5.74, 6) is -0.215. The number of anilines is 1. The van der Waals surface area contributed by atoms with Gasteiger partial charge in [-0.15, -0.1) is 0 Å². The maximum Gasteiger partial charge on any atom is 0.238 e. The number of hydrogen-bond donors (Lipinski definition) is 2. The highest BCUT2D eigenvalue weighted by molar-refractivity contribution is 6.43. The number of carbonyl (C=O) groups is 1. The largest absolute Gasteiger partial charge is 0.394 e. The number of nitrogens with one attached hydrogen (secondary N) is 1. The van der Waals surface area contributed by atoms with Gasteiger partial charge in [0.25, 0.3) is 0 Å². The average molecular weight is 305 g/mol. The first-order chi connectivity index (χ1) is 8.77. The van der Waals surface area contributed by atoms with Crippen LogP contribution < -0.4 is 5.32 Å². The molecule has 0 saturated heterocycles. The van der Waals surface area contributed by atoms with E-state index in [9.17, 15) is 9.90 Å². The Bertz CT molecular complexity index is 464. The van der Waals surface area contributed by atoms with Crippen LogP contribution in [0.4, 0.5) is 5.69 Å². The fourth-order valence-corrected chi connectivity index (χ4v) is 1.69. The normalized spacial score (nSPS) is 11.7. The highest BCUT2D eigenvalue weighted by Crippen LogP contribution is 2.29. The minimum atomic E-state index is -0.463. The molecule has 6 heteroatoms. The molecule has 0 fully saturated rings. The topological polar surface area (TPSA) is 52.6 Å². The number of benzene rings is 1. The minimum absolute atomic E-state index is 0.0330. The summed E-state index contributed by atoms with van der Waals surface area (Å²) in [4.78, 5) is 13.7. The molecule has 0 heterocycles. The van der Waals surface area contributed by atoms with Crippen LogP contribution in [0.3, 0.4) is 0 Å². The molecular weight excluding hydrogens is 287 g/mol. The minimum Gasteiger partial charge on any atom is -0.394 e. The molecule has 19 heavy (non-hydrogen) atoms. The number of rotatable bonds is 5. The van der Waals surface area contributed by atoms with E-state index < -0.39 is 5.54 Å². The van der Waals surface area contributed by atoms with Crippen LogP contribution in [0.25, 0.3) is 0 Å². The molecule has 0 aliphatic rings. The molecule has 0 aliphatic heterocycles. The SMILES string of the molecule is CN(CC(=O)Nc1cccc(Cl)c1Cl)C(C)(C)CO. The highest BCUT2D eigenvalue weighted by Gasteiger charge is 2.24. The van der Waals surface area contributed by atoms with Gasteiger partial charge in [0.2, 0.25) is 5.91 Å². The monoisotopic (exact) mass is 304 g/mol. The molecule has 4 nitrogen and oxygen atoms in total. The quantitative estimate of drug-likeness (QED) is 0.879. The molecule has 0 atom stereocenters. The van der Waals surface area contributed by atoms with Crippen LogP contribution in [0.1, 0.15) is 13.8 Å². The van der Waals surface area contributed by atoms with E-state index in [-0.39, 0.29) is 19.1 Å². The molecule has 0 unspecified atom stereocenters. The summed E-state index contributed by atoms with van der Waals surface area (Å²) < 4.78 is 0. The molecule has 106 valence electrons. The van der Waals surface area contributed by atoms with Gasteiger partial charge < -0.3 is 10.4 Å². The van der Waals surface area contributed by atoms with Crippen molar-refractivity contribution >= 4 is 34.8 Å². The van der Waals surface area contributed by atoms with Crippen LogP contribution in [0, 0.1) is 0 Å².